The number of hydrogen-bond donors (Lipinski definition) is 1. The summed E-state index contributed by atoms with van der Waals surface area (Å²) in [5, 5.41) is 5.15. The largest absolute Gasteiger partial charge is 0.380 e. The molecule has 0 bridgehead atoms. The van der Waals surface area contributed by atoms with E-state index in [1.54, 1.807) is 0 Å². The topological polar surface area (TPSA) is 33.6 Å². The van der Waals surface area contributed by atoms with Crippen molar-refractivity contribution in [3.05, 3.63) is 0 Å². The molecule has 0 aliphatic carbocycles. The van der Waals surface area contributed by atoms with Crippen molar-refractivity contribution in [3.8, 4) is 0 Å². The van der Waals surface area contributed by atoms with E-state index in [2.05, 4.69) is 24.2 Å². The summed E-state index contributed by atoms with van der Waals surface area (Å²) >= 11 is 1.89. The van der Waals surface area contributed by atoms with Crippen LogP contribution in [0.3, 0.4) is 0 Å². The van der Waals surface area contributed by atoms with Gasteiger partial charge in [-0.15, -0.1) is 0 Å². The van der Waals surface area contributed by atoms with Gasteiger partial charge >= 0.3 is 0 Å². The van der Waals surface area contributed by atoms with E-state index in [0.717, 1.165) is 37.9 Å². The Morgan fingerprint density at radius 1 is 1.38 bits per heavy atom. The molecule has 1 aliphatic rings. The van der Waals surface area contributed by atoms with Crippen molar-refractivity contribution in [2.45, 2.75) is 44.8 Å². The Morgan fingerprint density at radius 3 is 3.00 bits per heavy atom. The molecule has 4 heteroatoms. The summed E-state index contributed by atoms with van der Waals surface area (Å²) in [4.78, 5) is 4.48. The highest BCUT2D eigenvalue weighted by Gasteiger charge is 2.17. The van der Waals surface area contributed by atoms with Gasteiger partial charge in [0.25, 0.3) is 0 Å². The molecule has 0 aromatic rings. The molecule has 0 amide bonds. The zero-order chi connectivity index (χ0) is 11.6. The third-order valence-corrected chi connectivity index (χ3v) is 3.71. The molecule has 0 aromatic heterocycles. The van der Waals surface area contributed by atoms with Crippen molar-refractivity contribution in [1.29, 1.82) is 0 Å². The van der Waals surface area contributed by atoms with Gasteiger partial charge in [-0.05, 0) is 12.8 Å². The van der Waals surface area contributed by atoms with E-state index >= 15 is 0 Å². The number of amidine groups is 1. The van der Waals surface area contributed by atoms with E-state index in [-0.39, 0.29) is 0 Å². The third kappa shape index (κ3) is 5.75. The van der Waals surface area contributed by atoms with Crippen LogP contribution in [-0.4, -0.2) is 36.7 Å². The van der Waals surface area contributed by atoms with Crippen molar-refractivity contribution in [1.82, 2.24) is 5.32 Å². The standard InChI is InChI=1S/C12H24N2OS/c1-3-5-8-15-9-7-13-12-14-10-11(16-12)6-4-2/h11H,3-10H2,1-2H3,(H,13,14). The molecule has 0 saturated heterocycles. The summed E-state index contributed by atoms with van der Waals surface area (Å²) in [7, 11) is 0. The van der Waals surface area contributed by atoms with Crippen LogP contribution in [0, 0.1) is 0 Å². The molecule has 1 N–H and O–H groups in total. The Bertz CT molecular complexity index is 209. The molecule has 94 valence electrons. The van der Waals surface area contributed by atoms with Gasteiger partial charge in [0.1, 0.15) is 0 Å². The van der Waals surface area contributed by atoms with Gasteiger partial charge in [-0.1, -0.05) is 38.5 Å². The fraction of sp³-hybridized carbons (Fsp3) is 0.917. The number of nitrogens with one attached hydrogen (secondary N) is 1. The van der Waals surface area contributed by atoms with Crippen LogP contribution in [-0.2, 0) is 4.74 Å². The quantitative estimate of drug-likeness (QED) is 0.666. The average molecular weight is 244 g/mol. The smallest absolute Gasteiger partial charge is 0.157 e. The minimum Gasteiger partial charge on any atom is -0.380 e. The van der Waals surface area contributed by atoms with Gasteiger partial charge in [0.05, 0.1) is 13.2 Å². The molecule has 1 aliphatic heterocycles. The minimum atomic E-state index is 0.702. The Hall–Kier alpha value is -0.220. The number of aliphatic imine (C=N–C) groups is 1. The lowest BCUT2D eigenvalue weighted by Gasteiger charge is -2.08. The van der Waals surface area contributed by atoms with E-state index in [4.69, 9.17) is 4.74 Å². The Kier molecular flexibility index (Phi) is 7.68. The summed E-state index contributed by atoms with van der Waals surface area (Å²) in [6, 6.07) is 0. The molecule has 1 unspecified atom stereocenters. The number of thioether (sulfide) groups is 1. The number of unbranched alkanes of at least 4 members (excludes halogenated alkanes) is 1. The maximum absolute atomic E-state index is 5.48. The molecule has 1 atom stereocenters. The van der Waals surface area contributed by atoms with Crippen LogP contribution in [0.4, 0.5) is 0 Å². The van der Waals surface area contributed by atoms with E-state index < -0.39 is 0 Å². The maximum atomic E-state index is 5.48. The van der Waals surface area contributed by atoms with Gasteiger partial charge in [0.15, 0.2) is 5.17 Å². The van der Waals surface area contributed by atoms with Gasteiger partial charge in [-0.2, -0.15) is 0 Å². The van der Waals surface area contributed by atoms with Gasteiger partial charge in [-0.25, -0.2) is 0 Å². The van der Waals surface area contributed by atoms with Gasteiger partial charge in [-0.3, -0.25) is 4.99 Å². The van der Waals surface area contributed by atoms with Crippen molar-refractivity contribution >= 4 is 16.9 Å². The molecule has 0 radical (unpaired) electrons. The summed E-state index contributed by atoms with van der Waals surface area (Å²) in [5.74, 6) is 0. The van der Waals surface area contributed by atoms with E-state index in [1.807, 2.05) is 11.8 Å². The fourth-order valence-corrected chi connectivity index (χ4v) is 2.72. The Morgan fingerprint density at radius 2 is 2.25 bits per heavy atom. The lowest BCUT2D eigenvalue weighted by atomic mass is 10.2. The summed E-state index contributed by atoms with van der Waals surface area (Å²) in [6.45, 7) is 7.95. The highest BCUT2D eigenvalue weighted by atomic mass is 32.2. The second kappa shape index (κ2) is 8.88. The first-order valence-corrected chi connectivity index (χ1v) is 7.27. The van der Waals surface area contributed by atoms with Gasteiger partial charge in [0.2, 0.25) is 0 Å². The molecular weight excluding hydrogens is 220 g/mol. The van der Waals surface area contributed by atoms with Crippen LogP contribution in [0.25, 0.3) is 0 Å². The van der Waals surface area contributed by atoms with Crippen LogP contribution < -0.4 is 5.32 Å². The van der Waals surface area contributed by atoms with Crippen LogP contribution in [0.2, 0.25) is 0 Å². The fourth-order valence-electron chi connectivity index (χ4n) is 1.57. The molecule has 0 fully saturated rings. The third-order valence-electron chi connectivity index (χ3n) is 2.49. The molecular formula is C12H24N2OS. The maximum Gasteiger partial charge on any atom is 0.157 e. The number of ether oxygens (including phenoxy) is 1. The summed E-state index contributed by atoms with van der Waals surface area (Å²) < 4.78 is 5.48. The molecule has 0 spiro atoms. The predicted molar refractivity (Wildman–Crippen MR) is 72.3 cm³/mol. The average Bonchev–Trinajstić information content (AvgIpc) is 2.72. The number of nitrogens with zero attached hydrogens (tertiary/aromatic N) is 1. The van der Waals surface area contributed by atoms with E-state index in [0.29, 0.717) is 5.25 Å². The molecule has 16 heavy (non-hydrogen) atoms. The molecule has 1 rings (SSSR count). The van der Waals surface area contributed by atoms with Crippen molar-refractivity contribution in [2.75, 3.05) is 26.3 Å². The Balaban J connectivity index is 1.94. The van der Waals surface area contributed by atoms with E-state index in [9.17, 15) is 0 Å². The van der Waals surface area contributed by atoms with E-state index in [1.165, 1.54) is 19.3 Å². The summed E-state index contributed by atoms with van der Waals surface area (Å²) in [5.41, 5.74) is 0. The zero-order valence-electron chi connectivity index (χ0n) is 10.5. The first-order chi connectivity index (χ1) is 7.86. The van der Waals surface area contributed by atoms with Crippen LogP contribution in [0.5, 0.6) is 0 Å². The van der Waals surface area contributed by atoms with Gasteiger partial charge in [0, 0.05) is 18.4 Å². The highest BCUT2D eigenvalue weighted by Crippen LogP contribution is 2.23. The zero-order valence-corrected chi connectivity index (χ0v) is 11.3. The molecule has 0 saturated carbocycles. The lowest BCUT2D eigenvalue weighted by Crippen LogP contribution is -2.24. The second-order valence-electron chi connectivity index (χ2n) is 4.07. The predicted octanol–water partition coefficient (Wildman–Crippen LogP) is 2.66. The van der Waals surface area contributed by atoms with Crippen molar-refractivity contribution in [2.24, 2.45) is 4.99 Å². The SMILES string of the molecule is CCCCOCCNC1=NCC(CCC)S1. The Labute approximate surface area is 103 Å². The number of rotatable bonds is 8. The first-order valence-electron chi connectivity index (χ1n) is 6.39. The van der Waals surface area contributed by atoms with Crippen molar-refractivity contribution < 1.29 is 4.74 Å². The highest BCUT2D eigenvalue weighted by molar-refractivity contribution is 8.14. The molecule has 3 nitrogen and oxygen atoms in total. The molecule has 0 aromatic carbocycles. The normalized spacial score (nSPS) is 19.9. The number of hydrogen-bond acceptors (Lipinski definition) is 4. The minimum absolute atomic E-state index is 0.702. The lowest BCUT2D eigenvalue weighted by molar-refractivity contribution is 0.136. The second-order valence-corrected chi connectivity index (χ2v) is 5.36. The van der Waals surface area contributed by atoms with Crippen LogP contribution >= 0.6 is 11.8 Å². The summed E-state index contributed by atoms with van der Waals surface area (Å²) in [6.07, 6.45) is 4.88. The first kappa shape index (κ1) is 13.8. The van der Waals surface area contributed by atoms with Crippen LogP contribution in [0.15, 0.2) is 4.99 Å². The molecule has 1 heterocycles. The van der Waals surface area contributed by atoms with Gasteiger partial charge < -0.3 is 10.1 Å². The van der Waals surface area contributed by atoms with Crippen LogP contribution in [0.1, 0.15) is 39.5 Å². The monoisotopic (exact) mass is 244 g/mol. The van der Waals surface area contributed by atoms with Crippen molar-refractivity contribution in [3.63, 3.8) is 0 Å².